The van der Waals surface area contributed by atoms with Crippen molar-refractivity contribution in [2.24, 2.45) is 0 Å². The maximum Gasteiger partial charge on any atom is 0.211 e. The van der Waals surface area contributed by atoms with E-state index in [9.17, 15) is 4.79 Å². The number of fused-ring (bicyclic) bond motifs is 1. The molecule has 3 heteroatoms. The van der Waals surface area contributed by atoms with Crippen LogP contribution in [-0.2, 0) is 0 Å². The van der Waals surface area contributed by atoms with Crippen molar-refractivity contribution in [1.29, 1.82) is 0 Å². The number of rotatable bonds is 2. The maximum absolute atomic E-state index is 12.4. The number of hydrogen-bond acceptors (Lipinski definition) is 2. The normalized spacial score (nSPS) is 10.7. The topological polar surface area (TPSA) is 45.8 Å². The minimum Gasteiger partial charge on any atom is -0.352 e. The molecule has 1 N–H and O–H groups in total. The maximum atomic E-state index is 12.4. The molecule has 0 aliphatic carbocycles. The van der Waals surface area contributed by atoms with E-state index in [0.29, 0.717) is 11.3 Å². The molecule has 2 heterocycles. The van der Waals surface area contributed by atoms with Crippen LogP contribution in [-0.4, -0.2) is 15.8 Å². The van der Waals surface area contributed by atoms with Gasteiger partial charge < -0.3 is 4.98 Å². The molecule has 0 aliphatic heterocycles. The van der Waals surface area contributed by atoms with Gasteiger partial charge in [0.05, 0.1) is 5.69 Å². The van der Waals surface area contributed by atoms with Crippen LogP contribution < -0.4 is 0 Å². The number of aromatic amines is 1. The van der Waals surface area contributed by atoms with Crippen molar-refractivity contribution in [3.63, 3.8) is 0 Å². The van der Waals surface area contributed by atoms with E-state index in [2.05, 4.69) is 9.97 Å². The summed E-state index contributed by atoms with van der Waals surface area (Å²) >= 11 is 0. The van der Waals surface area contributed by atoms with Gasteiger partial charge in [-0.25, -0.2) is 0 Å². The van der Waals surface area contributed by atoms with Gasteiger partial charge in [0.25, 0.3) is 0 Å². The Kier molecular flexibility index (Phi) is 2.45. The summed E-state index contributed by atoms with van der Waals surface area (Å²) in [6.45, 7) is 1.84. The highest BCUT2D eigenvalue weighted by Gasteiger charge is 2.14. The number of pyridine rings is 1. The van der Waals surface area contributed by atoms with Crippen LogP contribution in [0, 0.1) is 6.92 Å². The number of H-pyrrole nitrogens is 1. The number of aromatic nitrogens is 2. The fourth-order valence-electron chi connectivity index (χ4n) is 2.07. The van der Waals surface area contributed by atoms with Gasteiger partial charge in [-0.3, -0.25) is 9.78 Å². The number of benzene rings is 1. The number of carbonyl (C=O) groups excluding carboxylic acids is 1. The van der Waals surface area contributed by atoms with Crippen molar-refractivity contribution in [2.45, 2.75) is 6.92 Å². The average molecular weight is 236 g/mol. The molecule has 3 rings (SSSR count). The first-order chi connectivity index (χ1) is 8.75. The summed E-state index contributed by atoms with van der Waals surface area (Å²) in [4.78, 5) is 19.7. The van der Waals surface area contributed by atoms with E-state index in [-0.39, 0.29) is 5.78 Å². The SMILES string of the molecule is Cc1ncccc1C(=O)c1cc2ccccc2[nH]1. The van der Waals surface area contributed by atoms with Crippen LogP contribution in [0.5, 0.6) is 0 Å². The summed E-state index contributed by atoms with van der Waals surface area (Å²) in [6.07, 6.45) is 1.69. The number of nitrogens with zero attached hydrogens (tertiary/aromatic N) is 1. The lowest BCUT2D eigenvalue weighted by molar-refractivity contribution is 0.103. The number of nitrogens with one attached hydrogen (secondary N) is 1. The molecule has 0 saturated carbocycles. The smallest absolute Gasteiger partial charge is 0.211 e. The molecule has 3 nitrogen and oxygen atoms in total. The number of hydrogen-bond donors (Lipinski definition) is 1. The molecule has 0 bridgehead atoms. The third-order valence-corrected chi connectivity index (χ3v) is 3.03. The van der Waals surface area contributed by atoms with Crippen molar-refractivity contribution in [1.82, 2.24) is 9.97 Å². The predicted molar refractivity (Wildman–Crippen MR) is 70.7 cm³/mol. The van der Waals surface area contributed by atoms with Crippen LogP contribution in [0.3, 0.4) is 0 Å². The van der Waals surface area contributed by atoms with Crippen LogP contribution in [0.25, 0.3) is 10.9 Å². The van der Waals surface area contributed by atoms with Crippen LogP contribution in [0.1, 0.15) is 21.7 Å². The fourth-order valence-corrected chi connectivity index (χ4v) is 2.07. The van der Waals surface area contributed by atoms with E-state index in [0.717, 1.165) is 16.6 Å². The van der Waals surface area contributed by atoms with Crippen LogP contribution >= 0.6 is 0 Å². The Balaban J connectivity index is 2.10. The highest BCUT2D eigenvalue weighted by atomic mass is 16.1. The molecule has 0 unspecified atom stereocenters. The van der Waals surface area contributed by atoms with Crippen molar-refractivity contribution in [2.75, 3.05) is 0 Å². The molecule has 88 valence electrons. The van der Waals surface area contributed by atoms with Crippen molar-refractivity contribution < 1.29 is 4.79 Å². The zero-order valence-corrected chi connectivity index (χ0v) is 9.97. The monoisotopic (exact) mass is 236 g/mol. The van der Waals surface area contributed by atoms with Crippen molar-refractivity contribution >= 4 is 16.7 Å². The Morgan fingerprint density at radius 1 is 1.17 bits per heavy atom. The second kappa shape index (κ2) is 4.11. The minimum atomic E-state index is -0.0169. The highest BCUT2D eigenvalue weighted by Crippen LogP contribution is 2.18. The predicted octanol–water partition coefficient (Wildman–Crippen LogP) is 3.10. The second-order valence-electron chi connectivity index (χ2n) is 4.24. The highest BCUT2D eigenvalue weighted by molar-refractivity contribution is 6.10. The number of carbonyl (C=O) groups is 1. The Hall–Kier alpha value is -2.42. The second-order valence-corrected chi connectivity index (χ2v) is 4.24. The van der Waals surface area contributed by atoms with E-state index >= 15 is 0 Å². The standard InChI is InChI=1S/C15H12N2O/c1-10-12(6-4-8-16-10)15(18)14-9-11-5-2-3-7-13(11)17-14/h2-9,17H,1H3. The lowest BCUT2D eigenvalue weighted by Gasteiger charge is -2.01. The van der Waals surface area contributed by atoms with Crippen LogP contribution in [0.15, 0.2) is 48.7 Å². The van der Waals surface area contributed by atoms with Gasteiger partial charge in [-0.15, -0.1) is 0 Å². The van der Waals surface area contributed by atoms with Gasteiger partial charge in [0, 0.05) is 28.4 Å². The van der Waals surface area contributed by atoms with E-state index in [1.807, 2.05) is 37.3 Å². The Labute approximate surface area is 104 Å². The van der Waals surface area contributed by atoms with Crippen molar-refractivity contribution in [3.8, 4) is 0 Å². The van der Waals surface area contributed by atoms with Gasteiger partial charge in [-0.05, 0) is 31.2 Å². The first kappa shape index (κ1) is 10.7. The minimum absolute atomic E-state index is 0.0169. The molecule has 0 aliphatic rings. The largest absolute Gasteiger partial charge is 0.352 e. The Morgan fingerprint density at radius 2 is 2.00 bits per heavy atom. The molecule has 18 heavy (non-hydrogen) atoms. The molecule has 0 fully saturated rings. The fraction of sp³-hybridized carbons (Fsp3) is 0.0667. The summed E-state index contributed by atoms with van der Waals surface area (Å²) in [5, 5.41) is 1.04. The van der Waals surface area contributed by atoms with E-state index < -0.39 is 0 Å². The van der Waals surface area contributed by atoms with Crippen LogP contribution in [0.2, 0.25) is 0 Å². The molecule has 0 spiro atoms. The molecular weight excluding hydrogens is 224 g/mol. The lowest BCUT2D eigenvalue weighted by Crippen LogP contribution is -2.04. The molecule has 0 atom stereocenters. The molecule has 0 saturated heterocycles. The first-order valence-corrected chi connectivity index (χ1v) is 5.80. The number of ketones is 1. The summed E-state index contributed by atoms with van der Waals surface area (Å²) < 4.78 is 0. The lowest BCUT2D eigenvalue weighted by atomic mass is 10.1. The first-order valence-electron chi connectivity index (χ1n) is 5.80. The molecule has 2 aromatic heterocycles. The molecule has 3 aromatic rings. The average Bonchev–Trinajstić information content (AvgIpc) is 2.82. The van der Waals surface area contributed by atoms with E-state index in [4.69, 9.17) is 0 Å². The van der Waals surface area contributed by atoms with Gasteiger partial charge >= 0.3 is 0 Å². The zero-order valence-electron chi connectivity index (χ0n) is 9.97. The third kappa shape index (κ3) is 1.70. The summed E-state index contributed by atoms with van der Waals surface area (Å²) in [5.74, 6) is -0.0169. The summed E-state index contributed by atoms with van der Waals surface area (Å²) in [5.41, 5.74) is 2.97. The number of para-hydroxylation sites is 1. The Morgan fingerprint density at radius 3 is 2.78 bits per heavy atom. The van der Waals surface area contributed by atoms with Gasteiger partial charge in [-0.1, -0.05) is 18.2 Å². The van der Waals surface area contributed by atoms with Gasteiger partial charge in [0.15, 0.2) is 0 Å². The van der Waals surface area contributed by atoms with Crippen molar-refractivity contribution in [3.05, 3.63) is 65.6 Å². The van der Waals surface area contributed by atoms with Crippen LogP contribution in [0.4, 0.5) is 0 Å². The van der Waals surface area contributed by atoms with E-state index in [1.54, 1.807) is 18.3 Å². The quantitative estimate of drug-likeness (QED) is 0.695. The van der Waals surface area contributed by atoms with E-state index in [1.165, 1.54) is 0 Å². The Bertz CT molecular complexity index is 695. The van der Waals surface area contributed by atoms with Gasteiger partial charge in [0.2, 0.25) is 5.78 Å². The summed E-state index contributed by atoms with van der Waals surface area (Å²) in [7, 11) is 0. The summed E-state index contributed by atoms with van der Waals surface area (Å²) in [6, 6.07) is 13.3. The molecule has 1 aromatic carbocycles. The molecule has 0 amide bonds. The van der Waals surface area contributed by atoms with Gasteiger partial charge in [-0.2, -0.15) is 0 Å². The third-order valence-electron chi connectivity index (χ3n) is 3.03. The zero-order chi connectivity index (χ0) is 12.5. The van der Waals surface area contributed by atoms with Gasteiger partial charge in [0.1, 0.15) is 0 Å². The molecule has 0 radical (unpaired) electrons. The molecular formula is C15H12N2O. The number of aryl methyl sites for hydroxylation is 1.